The number of para-hydroxylation sites is 3. The Bertz CT molecular complexity index is 2580. The lowest BCUT2D eigenvalue weighted by molar-refractivity contribution is 0.923. The van der Waals surface area contributed by atoms with Crippen molar-refractivity contribution >= 4 is 66.3 Å². The number of benzene rings is 6. The number of hydrogen-bond acceptors (Lipinski definition) is 2. The van der Waals surface area contributed by atoms with E-state index in [-0.39, 0.29) is 6.04 Å². The zero-order valence-corrected chi connectivity index (χ0v) is 25.1. The van der Waals surface area contributed by atoms with E-state index in [1.54, 1.807) is 0 Å². The van der Waals surface area contributed by atoms with Crippen LogP contribution >= 0.6 is 0 Å². The summed E-state index contributed by atoms with van der Waals surface area (Å²) in [5.41, 5.74) is 15.2. The van der Waals surface area contributed by atoms with Crippen LogP contribution in [0.1, 0.15) is 5.56 Å². The second-order valence-corrected chi connectivity index (χ2v) is 11.8. The van der Waals surface area contributed by atoms with E-state index in [0.717, 1.165) is 33.7 Å². The molecule has 0 saturated carbocycles. The molecular formula is C42H30N4. The van der Waals surface area contributed by atoms with E-state index in [4.69, 9.17) is 10.7 Å². The number of dihydropyridines is 1. The van der Waals surface area contributed by atoms with Crippen LogP contribution < -0.4 is 5.73 Å². The first-order valence-electron chi connectivity index (χ1n) is 15.7. The smallest absolute Gasteiger partial charge is 0.0703 e. The van der Waals surface area contributed by atoms with E-state index in [9.17, 15) is 0 Å². The number of allylic oxidation sites excluding steroid dienone is 3. The summed E-state index contributed by atoms with van der Waals surface area (Å²) >= 11 is 0. The lowest BCUT2D eigenvalue weighted by atomic mass is 10.0. The van der Waals surface area contributed by atoms with Gasteiger partial charge in [-0.25, -0.2) is 0 Å². The quantitative estimate of drug-likeness (QED) is 0.218. The van der Waals surface area contributed by atoms with Crippen LogP contribution in [0.4, 0.5) is 0 Å². The van der Waals surface area contributed by atoms with Crippen LogP contribution in [0.15, 0.2) is 168 Å². The number of nitrogens with two attached hydrogens (primary N) is 1. The SMILES string of the molecule is NC1C=CC(c2ccccc2)=N/C1=C/C=C/n1c2ccccc2c2c3ccc4c5ccccc5n(-c5ccccc5)c4c3ccc21. The van der Waals surface area contributed by atoms with E-state index in [1.807, 2.05) is 36.4 Å². The molecule has 4 nitrogen and oxygen atoms in total. The van der Waals surface area contributed by atoms with Crippen molar-refractivity contribution in [3.8, 4) is 5.69 Å². The van der Waals surface area contributed by atoms with Crippen molar-refractivity contribution in [2.75, 3.05) is 0 Å². The number of aliphatic imine (C=N–C) groups is 1. The number of hydrogen-bond donors (Lipinski definition) is 1. The van der Waals surface area contributed by atoms with Crippen LogP contribution in [0.2, 0.25) is 0 Å². The van der Waals surface area contributed by atoms with E-state index in [2.05, 4.69) is 137 Å². The number of rotatable bonds is 4. The zero-order chi connectivity index (χ0) is 30.6. The normalized spacial score (nSPS) is 16.2. The molecule has 4 heteroatoms. The summed E-state index contributed by atoms with van der Waals surface area (Å²) in [6.45, 7) is 0. The Balaban J connectivity index is 1.25. The van der Waals surface area contributed by atoms with Gasteiger partial charge in [0.05, 0.1) is 39.5 Å². The molecule has 1 unspecified atom stereocenters. The molecule has 0 spiro atoms. The van der Waals surface area contributed by atoms with Crippen LogP contribution in [0.5, 0.6) is 0 Å². The van der Waals surface area contributed by atoms with Gasteiger partial charge >= 0.3 is 0 Å². The molecule has 1 aliphatic heterocycles. The second-order valence-electron chi connectivity index (χ2n) is 11.8. The number of nitrogens with zero attached hydrogens (tertiary/aromatic N) is 3. The van der Waals surface area contributed by atoms with Crippen LogP contribution in [-0.4, -0.2) is 20.9 Å². The maximum atomic E-state index is 6.44. The lowest BCUT2D eigenvalue weighted by Crippen LogP contribution is -2.23. The molecule has 9 rings (SSSR count). The second kappa shape index (κ2) is 10.6. The third-order valence-corrected chi connectivity index (χ3v) is 9.14. The highest BCUT2D eigenvalue weighted by molar-refractivity contribution is 6.28. The van der Waals surface area contributed by atoms with Gasteiger partial charge in [0.2, 0.25) is 0 Å². The molecule has 3 heterocycles. The van der Waals surface area contributed by atoms with Crippen molar-refractivity contribution in [3.63, 3.8) is 0 Å². The molecule has 6 aromatic carbocycles. The van der Waals surface area contributed by atoms with Crippen LogP contribution in [0.25, 0.3) is 66.3 Å². The van der Waals surface area contributed by atoms with Gasteiger partial charge in [0, 0.05) is 44.4 Å². The van der Waals surface area contributed by atoms with Crippen molar-refractivity contribution in [1.29, 1.82) is 0 Å². The number of fused-ring (bicyclic) bond motifs is 9. The zero-order valence-electron chi connectivity index (χ0n) is 25.1. The molecule has 0 aliphatic carbocycles. The van der Waals surface area contributed by atoms with Gasteiger partial charge in [-0.2, -0.15) is 0 Å². The Morgan fingerprint density at radius 2 is 1.24 bits per heavy atom. The Hall–Kier alpha value is -5.97. The molecule has 1 atom stereocenters. The minimum atomic E-state index is -0.252. The molecular weight excluding hydrogens is 560 g/mol. The minimum absolute atomic E-state index is 0.252. The fourth-order valence-electron chi connectivity index (χ4n) is 7.06. The molecule has 1 aliphatic rings. The summed E-state index contributed by atoms with van der Waals surface area (Å²) in [6.07, 6.45) is 10.2. The molecule has 218 valence electrons. The number of aromatic nitrogens is 2. The van der Waals surface area contributed by atoms with E-state index < -0.39 is 0 Å². The first-order chi connectivity index (χ1) is 22.8. The molecule has 8 aromatic rings. The highest BCUT2D eigenvalue weighted by Gasteiger charge is 2.18. The van der Waals surface area contributed by atoms with Gasteiger partial charge in [0.25, 0.3) is 0 Å². The Labute approximate surface area is 266 Å². The van der Waals surface area contributed by atoms with Gasteiger partial charge in [-0.05, 0) is 53.9 Å². The summed E-state index contributed by atoms with van der Waals surface area (Å²) in [5.74, 6) is 0. The highest BCUT2D eigenvalue weighted by atomic mass is 15.0. The molecule has 0 amide bonds. The Kier molecular flexibility index (Phi) is 6.08. The Morgan fingerprint density at radius 3 is 2.07 bits per heavy atom. The Morgan fingerprint density at radius 1 is 0.587 bits per heavy atom. The fourth-order valence-corrected chi connectivity index (χ4v) is 7.06. The van der Waals surface area contributed by atoms with Crippen LogP contribution in [0, 0.1) is 0 Å². The largest absolute Gasteiger partial charge is 0.319 e. The molecule has 0 bridgehead atoms. The molecule has 2 aromatic heterocycles. The average Bonchev–Trinajstić information content (AvgIpc) is 3.63. The molecule has 0 fully saturated rings. The summed E-state index contributed by atoms with van der Waals surface area (Å²) < 4.78 is 4.69. The fraction of sp³-hybridized carbons (Fsp3) is 0.0238. The van der Waals surface area contributed by atoms with E-state index in [1.165, 1.54) is 43.4 Å². The van der Waals surface area contributed by atoms with Gasteiger partial charge in [0.15, 0.2) is 0 Å². The minimum Gasteiger partial charge on any atom is -0.319 e. The van der Waals surface area contributed by atoms with Gasteiger partial charge in [-0.1, -0.05) is 109 Å². The maximum Gasteiger partial charge on any atom is 0.0703 e. The third-order valence-electron chi connectivity index (χ3n) is 9.14. The maximum absolute atomic E-state index is 6.44. The average molecular weight is 591 g/mol. The molecule has 0 saturated heterocycles. The first kappa shape index (κ1) is 26.4. The standard InChI is InChI=1S/C42H30N4/c43-35-24-25-36(28-12-3-1-4-13-28)44-37(35)18-11-27-45-38-19-9-8-17-34(38)41-31-21-22-32-30-16-7-10-20-39(30)46(29-14-5-2-6-15-29)42(32)33(31)23-26-40(41)45/h1-27,35H,43H2/b27-11+,37-18+. The van der Waals surface area contributed by atoms with Gasteiger partial charge < -0.3 is 14.9 Å². The predicted molar refractivity (Wildman–Crippen MR) is 195 cm³/mol. The van der Waals surface area contributed by atoms with Crippen molar-refractivity contribution < 1.29 is 0 Å². The van der Waals surface area contributed by atoms with Gasteiger partial charge in [0.1, 0.15) is 0 Å². The molecule has 2 N–H and O–H groups in total. The summed E-state index contributed by atoms with van der Waals surface area (Å²) in [4.78, 5) is 4.90. The molecule has 46 heavy (non-hydrogen) atoms. The molecule has 0 radical (unpaired) electrons. The topological polar surface area (TPSA) is 48.2 Å². The summed E-state index contributed by atoms with van der Waals surface area (Å²) in [7, 11) is 0. The first-order valence-corrected chi connectivity index (χ1v) is 15.7. The van der Waals surface area contributed by atoms with E-state index in [0.29, 0.717) is 0 Å². The third kappa shape index (κ3) is 4.08. The summed E-state index contributed by atoms with van der Waals surface area (Å²) in [6, 6.07) is 47.2. The summed E-state index contributed by atoms with van der Waals surface area (Å²) in [5, 5.41) is 7.47. The van der Waals surface area contributed by atoms with Gasteiger partial charge in [-0.15, -0.1) is 0 Å². The van der Waals surface area contributed by atoms with E-state index >= 15 is 0 Å². The van der Waals surface area contributed by atoms with Gasteiger partial charge in [-0.3, -0.25) is 4.99 Å². The highest BCUT2D eigenvalue weighted by Crippen LogP contribution is 2.41. The van der Waals surface area contributed by atoms with Crippen LogP contribution in [-0.2, 0) is 0 Å². The van der Waals surface area contributed by atoms with Crippen molar-refractivity contribution in [3.05, 3.63) is 169 Å². The lowest BCUT2D eigenvalue weighted by Gasteiger charge is -2.14. The van der Waals surface area contributed by atoms with Crippen LogP contribution in [0.3, 0.4) is 0 Å². The van der Waals surface area contributed by atoms with Crippen molar-refractivity contribution in [2.24, 2.45) is 10.7 Å². The van der Waals surface area contributed by atoms with Crippen molar-refractivity contribution in [1.82, 2.24) is 9.13 Å². The monoisotopic (exact) mass is 590 g/mol. The van der Waals surface area contributed by atoms with Crippen molar-refractivity contribution in [2.45, 2.75) is 6.04 Å². The predicted octanol–water partition coefficient (Wildman–Crippen LogP) is 9.79.